The molecule has 3 heteroatoms. The van der Waals surface area contributed by atoms with Crippen LogP contribution in [0.1, 0.15) is 20.8 Å². The summed E-state index contributed by atoms with van der Waals surface area (Å²) in [5, 5.41) is 8.20. The summed E-state index contributed by atoms with van der Waals surface area (Å²) in [6.07, 6.45) is 0. The highest BCUT2D eigenvalue weighted by Crippen LogP contribution is 2.34. The minimum absolute atomic E-state index is 0.746. The van der Waals surface area contributed by atoms with Gasteiger partial charge in [0, 0.05) is 6.92 Å². The third-order valence-electron chi connectivity index (χ3n) is 1.38. The van der Waals surface area contributed by atoms with Gasteiger partial charge in [-0.1, -0.05) is 0 Å². The van der Waals surface area contributed by atoms with Crippen molar-refractivity contribution in [2.45, 2.75) is 26.7 Å². The number of halogens is 2. The van der Waals surface area contributed by atoms with E-state index in [9.17, 15) is 8.78 Å². The first-order chi connectivity index (χ1) is 3.81. The van der Waals surface area contributed by atoms with Crippen LogP contribution in [0, 0.1) is 16.7 Å². The molecule has 0 aromatic carbocycles. The molecule has 0 saturated carbocycles. The summed E-state index contributed by atoms with van der Waals surface area (Å²) in [6.45, 7) is 3.18. The smallest absolute Gasteiger partial charge is 0.205 e. The van der Waals surface area contributed by atoms with E-state index in [0.29, 0.717) is 0 Å². The minimum atomic E-state index is -2.91. The predicted octanol–water partition coefficient (Wildman–Crippen LogP) is 2.19. The highest BCUT2D eigenvalue weighted by atomic mass is 19.3. The van der Waals surface area contributed by atoms with Gasteiger partial charge in [0.2, 0.25) is 0 Å². The number of hydrogen-bond acceptors (Lipinski definition) is 1. The summed E-state index contributed by atoms with van der Waals surface area (Å²) in [5.41, 5.74) is -1.55. The fourth-order valence-electron chi connectivity index (χ4n) is 0.0982. The average molecular weight is 133 g/mol. The van der Waals surface area contributed by atoms with E-state index in [1.165, 1.54) is 19.9 Å². The fourth-order valence-corrected chi connectivity index (χ4v) is 0.0982. The second-order valence-electron chi connectivity index (χ2n) is 2.63. The van der Waals surface area contributed by atoms with Crippen molar-refractivity contribution < 1.29 is 8.78 Å². The zero-order valence-electron chi connectivity index (χ0n) is 5.70. The SMILES string of the molecule is CC(F)(F)C(C)(C)C#N. The van der Waals surface area contributed by atoms with Crippen LogP contribution >= 0.6 is 0 Å². The van der Waals surface area contributed by atoms with Gasteiger partial charge in [-0.2, -0.15) is 5.26 Å². The second-order valence-corrected chi connectivity index (χ2v) is 2.63. The predicted molar refractivity (Wildman–Crippen MR) is 30.0 cm³/mol. The van der Waals surface area contributed by atoms with Crippen molar-refractivity contribution in [3.05, 3.63) is 0 Å². The zero-order chi connectivity index (χ0) is 7.71. The number of rotatable bonds is 1. The van der Waals surface area contributed by atoms with E-state index in [-0.39, 0.29) is 0 Å². The molecule has 0 N–H and O–H groups in total. The van der Waals surface area contributed by atoms with Crippen molar-refractivity contribution in [2.75, 3.05) is 0 Å². The fraction of sp³-hybridized carbons (Fsp3) is 0.833. The van der Waals surface area contributed by atoms with Crippen molar-refractivity contribution >= 4 is 0 Å². The van der Waals surface area contributed by atoms with Gasteiger partial charge in [0.05, 0.1) is 6.07 Å². The van der Waals surface area contributed by atoms with Gasteiger partial charge in [-0.05, 0) is 13.8 Å². The molecule has 0 aliphatic carbocycles. The van der Waals surface area contributed by atoms with E-state index in [2.05, 4.69) is 0 Å². The number of nitriles is 1. The molecule has 1 nitrogen and oxygen atoms in total. The molecule has 0 aromatic rings. The molecule has 52 valence electrons. The van der Waals surface area contributed by atoms with Crippen molar-refractivity contribution in [1.82, 2.24) is 0 Å². The second kappa shape index (κ2) is 1.94. The Bertz CT molecular complexity index is 138. The Balaban J connectivity index is 4.39. The molecule has 0 radical (unpaired) electrons. The summed E-state index contributed by atoms with van der Waals surface area (Å²) in [7, 11) is 0. The van der Waals surface area contributed by atoms with E-state index in [4.69, 9.17) is 5.26 Å². The molecule has 0 rings (SSSR count). The number of nitrogens with zero attached hydrogens (tertiary/aromatic N) is 1. The lowest BCUT2D eigenvalue weighted by molar-refractivity contribution is -0.0594. The van der Waals surface area contributed by atoms with Gasteiger partial charge in [0.25, 0.3) is 5.92 Å². The summed E-state index contributed by atoms with van der Waals surface area (Å²) < 4.78 is 24.6. The Morgan fingerprint density at radius 2 is 1.56 bits per heavy atom. The summed E-state index contributed by atoms with van der Waals surface area (Å²) in [6, 6.07) is 1.53. The molecule has 0 spiro atoms. The highest BCUT2D eigenvalue weighted by molar-refractivity contribution is 4.99. The maximum absolute atomic E-state index is 12.3. The number of alkyl halides is 2. The van der Waals surface area contributed by atoms with Gasteiger partial charge in [0.15, 0.2) is 0 Å². The molecule has 0 aliphatic rings. The Kier molecular flexibility index (Phi) is 1.80. The Morgan fingerprint density at radius 1 is 1.22 bits per heavy atom. The van der Waals surface area contributed by atoms with Crippen LogP contribution in [0.4, 0.5) is 8.78 Å². The molecular weight excluding hydrogens is 124 g/mol. The standard InChI is InChI=1S/C6H9F2N/c1-5(2,4-9)6(3,7)8/h1-3H3. The molecule has 0 aliphatic heterocycles. The lowest BCUT2D eigenvalue weighted by Gasteiger charge is -2.22. The van der Waals surface area contributed by atoms with E-state index >= 15 is 0 Å². The Morgan fingerprint density at radius 3 is 1.56 bits per heavy atom. The van der Waals surface area contributed by atoms with E-state index in [0.717, 1.165) is 6.92 Å². The topological polar surface area (TPSA) is 23.8 Å². The first kappa shape index (κ1) is 8.35. The molecule has 0 saturated heterocycles. The third-order valence-corrected chi connectivity index (χ3v) is 1.38. The van der Waals surface area contributed by atoms with Crippen molar-refractivity contribution in [3.63, 3.8) is 0 Å². The van der Waals surface area contributed by atoms with Crippen LogP contribution in [0.15, 0.2) is 0 Å². The van der Waals surface area contributed by atoms with Crippen molar-refractivity contribution in [1.29, 1.82) is 5.26 Å². The maximum atomic E-state index is 12.3. The van der Waals surface area contributed by atoms with Crippen molar-refractivity contribution in [3.8, 4) is 6.07 Å². The summed E-state index contributed by atoms with van der Waals surface area (Å²) in [4.78, 5) is 0. The Hall–Kier alpha value is -0.650. The van der Waals surface area contributed by atoms with Gasteiger partial charge in [-0.25, -0.2) is 8.78 Å². The van der Waals surface area contributed by atoms with Crippen LogP contribution in [0.2, 0.25) is 0 Å². The van der Waals surface area contributed by atoms with Crippen LogP contribution in [0.5, 0.6) is 0 Å². The molecule has 0 atom stereocenters. The first-order valence-electron chi connectivity index (χ1n) is 2.60. The van der Waals surface area contributed by atoms with Crippen LogP contribution in [-0.4, -0.2) is 5.92 Å². The quantitative estimate of drug-likeness (QED) is 0.537. The molecule has 0 unspecified atom stereocenters. The molecule has 0 fully saturated rings. The zero-order valence-corrected chi connectivity index (χ0v) is 5.70. The molecule has 0 bridgehead atoms. The van der Waals surface area contributed by atoms with Crippen LogP contribution in [0.25, 0.3) is 0 Å². The first-order valence-corrected chi connectivity index (χ1v) is 2.60. The van der Waals surface area contributed by atoms with Gasteiger partial charge >= 0.3 is 0 Å². The Labute approximate surface area is 53.3 Å². The molecule has 0 aromatic heterocycles. The normalized spacial score (nSPS) is 12.9. The van der Waals surface area contributed by atoms with E-state index in [1.54, 1.807) is 0 Å². The van der Waals surface area contributed by atoms with Crippen LogP contribution < -0.4 is 0 Å². The van der Waals surface area contributed by atoms with Gasteiger partial charge < -0.3 is 0 Å². The third kappa shape index (κ3) is 1.63. The van der Waals surface area contributed by atoms with Gasteiger partial charge in [-0.15, -0.1) is 0 Å². The molecule has 9 heavy (non-hydrogen) atoms. The van der Waals surface area contributed by atoms with E-state index in [1.807, 2.05) is 0 Å². The largest absolute Gasteiger partial charge is 0.263 e. The molecule has 0 amide bonds. The molecular formula is C6H9F2N. The van der Waals surface area contributed by atoms with Gasteiger partial charge in [-0.3, -0.25) is 0 Å². The number of hydrogen-bond donors (Lipinski definition) is 0. The van der Waals surface area contributed by atoms with Crippen LogP contribution in [-0.2, 0) is 0 Å². The lowest BCUT2D eigenvalue weighted by Crippen LogP contribution is -2.31. The monoisotopic (exact) mass is 133 g/mol. The maximum Gasteiger partial charge on any atom is 0.263 e. The summed E-state index contributed by atoms with van der Waals surface area (Å²) in [5.74, 6) is -2.91. The molecule has 0 heterocycles. The summed E-state index contributed by atoms with van der Waals surface area (Å²) >= 11 is 0. The minimum Gasteiger partial charge on any atom is -0.205 e. The average Bonchev–Trinajstić information content (AvgIpc) is 1.64. The van der Waals surface area contributed by atoms with Gasteiger partial charge in [0.1, 0.15) is 5.41 Å². The van der Waals surface area contributed by atoms with Crippen LogP contribution in [0.3, 0.4) is 0 Å². The lowest BCUT2D eigenvalue weighted by atomic mass is 9.89. The van der Waals surface area contributed by atoms with Crippen molar-refractivity contribution in [2.24, 2.45) is 5.41 Å². The highest BCUT2D eigenvalue weighted by Gasteiger charge is 2.42. The van der Waals surface area contributed by atoms with E-state index < -0.39 is 11.3 Å².